The number of aryl methyl sites for hydroxylation is 4. The molecule has 0 aliphatic heterocycles. The van der Waals surface area contributed by atoms with Gasteiger partial charge in [-0.25, -0.2) is 0 Å². The van der Waals surface area contributed by atoms with Crippen molar-refractivity contribution in [2.24, 2.45) is 0 Å². The first-order valence-electron chi connectivity index (χ1n) is 12.3. The molecule has 5 rings (SSSR count). The molecule has 0 atom stereocenters. The van der Waals surface area contributed by atoms with Crippen LogP contribution in [0.3, 0.4) is 0 Å². The predicted molar refractivity (Wildman–Crippen MR) is 158 cm³/mol. The van der Waals surface area contributed by atoms with E-state index < -0.39 is 7.92 Å². The van der Waals surface area contributed by atoms with Crippen LogP contribution in [0.5, 0.6) is 5.75 Å². The van der Waals surface area contributed by atoms with Gasteiger partial charge in [0.1, 0.15) is 5.75 Å². The summed E-state index contributed by atoms with van der Waals surface area (Å²) in [4.78, 5) is 0. The Morgan fingerprint density at radius 2 is 0.889 bits per heavy atom. The number of phenols is 1. The van der Waals surface area contributed by atoms with Gasteiger partial charge in [0.15, 0.2) is 0 Å². The van der Waals surface area contributed by atoms with Crippen molar-refractivity contribution < 1.29 is 5.11 Å². The fourth-order valence-electron chi connectivity index (χ4n) is 4.38. The molecule has 5 aromatic carbocycles. The van der Waals surface area contributed by atoms with Gasteiger partial charge in [-0.2, -0.15) is 0 Å². The Morgan fingerprint density at radius 1 is 0.472 bits per heavy atom. The molecule has 0 saturated heterocycles. The molecule has 1 N–H and O–H groups in total. The largest absolute Gasteiger partial charge is 0.508 e. The summed E-state index contributed by atoms with van der Waals surface area (Å²) < 4.78 is 0. The van der Waals surface area contributed by atoms with E-state index in [-0.39, 0.29) is 0 Å². The predicted octanol–water partition coefficient (Wildman–Crippen LogP) is 7.74. The molecule has 1 nitrogen and oxygen atoms in total. The lowest BCUT2D eigenvalue weighted by Crippen LogP contribution is -2.24. The van der Waals surface area contributed by atoms with Gasteiger partial charge >= 0.3 is 0 Å². The third kappa shape index (κ3) is 6.30. The van der Waals surface area contributed by atoms with Gasteiger partial charge in [-0.3, -0.25) is 0 Å². The van der Waals surface area contributed by atoms with Gasteiger partial charge in [-0.1, -0.05) is 120 Å². The minimum absolute atomic E-state index is 0.315. The van der Waals surface area contributed by atoms with Gasteiger partial charge in [0, 0.05) is 0 Å². The smallest absolute Gasteiger partial charge is 0.115 e. The lowest BCUT2D eigenvalue weighted by molar-refractivity contribution is 0.475. The molecule has 0 saturated carbocycles. The second kappa shape index (κ2) is 11.8. The highest BCUT2D eigenvalue weighted by molar-refractivity contribution is 7.80. The van der Waals surface area contributed by atoms with E-state index in [2.05, 4.69) is 125 Å². The lowest BCUT2D eigenvalue weighted by atomic mass is 10.1. The highest BCUT2D eigenvalue weighted by atomic mass is 31.1. The Balaban J connectivity index is 0.000000211. The molecular formula is C34H33OP. The second-order valence-corrected chi connectivity index (χ2v) is 11.3. The van der Waals surface area contributed by atoms with E-state index in [9.17, 15) is 5.11 Å². The molecule has 0 aromatic heterocycles. The van der Waals surface area contributed by atoms with Crippen LogP contribution in [-0.2, 0) is 0 Å². The molecule has 0 unspecified atom stereocenters. The van der Waals surface area contributed by atoms with Crippen LogP contribution in [0.1, 0.15) is 22.3 Å². The van der Waals surface area contributed by atoms with Gasteiger partial charge in [0.05, 0.1) is 0 Å². The fourth-order valence-corrected chi connectivity index (χ4v) is 6.93. The number of aromatic hydroxyl groups is 1. The van der Waals surface area contributed by atoms with Crippen LogP contribution < -0.4 is 15.9 Å². The van der Waals surface area contributed by atoms with Crippen molar-refractivity contribution in [1.82, 2.24) is 0 Å². The third-order valence-electron chi connectivity index (χ3n) is 6.18. The molecule has 0 heterocycles. The van der Waals surface area contributed by atoms with Crippen molar-refractivity contribution in [3.8, 4) is 16.9 Å². The van der Waals surface area contributed by atoms with Gasteiger partial charge < -0.3 is 5.11 Å². The summed E-state index contributed by atoms with van der Waals surface area (Å²) in [5.41, 5.74) is 7.79. The van der Waals surface area contributed by atoms with Crippen molar-refractivity contribution in [1.29, 1.82) is 0 Å². The molecule has 0 fully saturated rings. The van der Waals surface area contributed by atoms with Gasteiger partial charge in [-0.15, -0.1) is 0 Å². The maximum atomic E-state index is 9.67. The molecule has 0 radical (unpaired) electrons. The maximum Gasteiger partial charge on any atom is 0.115 e. The number of hydrogen-bond donors (Lipinski definition) is 1. The Labute approximate surface area is 216 Å². The van der Waals surface area contributed by atoms with Crippen LogP contribution >= 0.6 is 7.92 Å². The quantitative estimate of drug-likeness (QED) is 0.257. The maximum absolute atomic E-state index is 9.67. The zero-order valence-corrected chi connectivity index (χ0v) is 22.3. The highest BCUT2D eigenvalue weighted by Gasteiger charge is 2.20. The van der Waals surface area contributed by atoms with Crippen LogP contribution in [0.25, 0.3) is 11.1 Å². The lowest BCUT2D eigenvalue weighted by Gasteiger charge is -2.23. The number of hydrogen-bond acceptors (Lipinski definition) is 1. The Morgan fingerprint density at radius 3 is 1.28 bits per heavy atom. The molecule has 0 aliphatic carbocycles. The number of benzene rings is 5. The van der Waals surface area contributed by atoms with Gasteiger partial charge in [0.25, 0.3) is 0 Å². The van der Waals surface area contributed by atoms with Crippen LogP contribution in [0.2, 0.25) is 0 Å². The molecular weight excluding hydrogens is 455 g/mol. The number of rotatable bonds is 4. The Bertz CT molecular complexity index is 1320. The summed E-state index contributed by atoms with van der Waals surface area (Å²) in [6, 6.07) is 41.9. The molecule has 0 amide bonds. The van der Waals surface area contributed by atoms with E-state index in [1.165, 1.54) is 49.3 Å². The molecule has 2 heteroatoms. The zero-order valence-electron chi connectivity index (χ0n) is 21.4. The number of phenolic OH excluding ortho intramolecular Hbond substituents is 1. The first-order chi connectivity index (χ1) is 17.4. The molecule has 0 bridgehead atoms. The van der Waals surface area contributed by atoms with Crippen LogP contribution in [0.4, 0.5) is 0 Å². The summed E-state index contributed by atoms with van der Waals surface area (Å²) in [6.45, 7) is 8.66. The summed E-state index contributed by atoms with van der Waals surface area (Å²) in [7, 11) is -0.636. The van der Waals surface area contributed by atoms with E-state index >= 15 is 0 Å². The minimum Gasteiger partial charge on any atom is -0.508 e. The average Bonchev–Trinajstić information content (AvgIpc) is 2.89. The zero-order chi connectivity index (χ0) is 25.5. The second-order valence-electron chi connectivity index (χ2n) is 9.16. The van der Waals surface area contributed by atoms with Crippen molar-refractivity contribution in [3.05, 3.63) is 144 Å². The van der Waals surface area contributed by atoms with Crippen molar-refractivity contribution in [2.45, 2.75) is 27.7 Å². The summed E-state index contributed by atoms with van der Waals surface area (Å²) >= 11 is 0. The van der Waals surface area contributed by atoms with E-state index in [1.54, 1.807) is 12.1 Å². The first-order valence-corrected chi connectivity index (χ1v) is 13.6. The van der Waals surface area contributed by atoms with E-state index in [1.807, 2.05) is 12.1 Å². The fraction of sp³-hybridized carbons (Fsp3) is 0.118. The SMILES string of the molecule is Cc1ccc(P(c2ccc(O)cc2)c2ccc(C)cc2C)c(C)c1.c1ccc(-c2ccccc2)cc1. The monoisotopic (exact) mass is 488 g/mol. The average molecular weight is 489 g/mol. The van der Waals surface area contributed by atoms with E-state index in [0.29, 0.717) is 5.75 Å². The van der Waals surface area contributed by atoms with Crippen molar-refractivity contribution in [3.63, 3.8) is 0 Å². The Hall–Kier alpha value is -3.67. The Kier molecular flexibility index (Phi) is 8.36. The molecule has 0 aliphatic rings. The van der Waals surface area contributed by atoms with E-state index in [4.69, 9.17) is 0 Å². The third-order valence-corrected chi connectivity index (χ3v) is 8.96. The topological polar surface area (TPSA) is 20.2 Å². The van der Waals surface area contributed by atoms with Gasteiger partial charge in [0.2, 0.25) is 0 Å². The molecule has 5 aromatic rings. The summed E-state index contributed by atoms with van der Waals surface area (Å²) in [6.07, 6.45) is 0. The van der Waals surface area contributed by atoms with Gasteiger partial charge in [-0.05, 0) is 85.9 Å². The molecule has 0 spiro atoms. The highest BCUT2D eigenvalue weighted by Crippen LogP contribution is 2.36. The van der Waals surface area contributed by atoms with E-state index in [0.717, 1.165) is 0 Å². The van der Waals surface area contributed by atoms with Crippen molar-refractivity contribution in [2.75, 3.05) is 0 Å². The molecule has 36 heavy (non-hydrogen) atoms. The normalized spacial score (nSPS) is 10.6. The standard InChI is InChI=1S/C22H23OP.C12H10/c1-15-5-11-21(17(3)13-15)24(20-9-7-19(23)8-10-20)22-12-6-16(2)14-18(22)4;1-3-7-11(8-4-1)12-9-5-2-6-10-12/h5-14,23H,1-4H3;1-10H. The van der Waals surface area contributed by atoms with Crippen LogP contribution in [0.15, 0.2) is 121 Å². The minimum atomic E-state index is -0.636. The summed E-state index contributed by atoms with van der Waals surface area (Å²) in [5.74, 6) is 0.315. The van der Waals surface area contributed by atoms with Crippen LogP contribution in [0, 0.1) is 27.7 Å². The van der Waals surface area contributed by atoms with Crippen LogP contribution in [-0.4, -0.2) is 5.11 Å². The van der Waals surface area contributed by atoms with Crippen molar-refractivity contribution >= 4 is 23.8 Å². The first kappa shape index (κ1) is 25.4. The summed E-state index contributed by atoms with van der Waals surface area (Å²) in [5, 5.41) is 13.7. The molecule has 180 valence electrons.